The molecule has 2 bridgehead atoms. The van der Waals surface area contributed by atoms with Crippen molar-refractivity contribution in [2.45, 2.75) is 49.6 Å². The Morgan fingerprint density at radius 3 is 2.91 bits per heavy atom. The number of ether oxygens (including phenoxy) is 3. The van der Waals surface area contributed by atoms with Gasteiger partial charge in [-0.2, -0.15) is 5.10 Å². The van der Waals surface area contributed by atoms with Gasteiger partial charge in [0.05, 0.1) is 12.3 Å². The van der Waals surface area contributed by atoms with E-state index in [-0.39, 0.29) is 18.0 Å². The lowest BCUT2D eigenvalue weighted by Crippen LogP contribution is -2.68. The van der Waals surface area contributed by atoms with Crippen LogP contribution in [-0.2, 0) is 9.47 Å². The summed E-state index contributed by atoms with van der Waals surface area (Å²) in [5, 5.41) is 16.7. The lowest BCUT2D eigenvalue weighted by molar-refractivity contribution is -0.0528. The fourth-order valence-corrected chi connectivity index (χ4v) is 4.84. The number of amides is 1. The molecule has 7 rings (SSSR count). The molecule has 1 aliphatic heterocycles. The van der Waals surface area contributed by atoms with Gasteiger partial charge in [0.25, 0.3) is 6.43 Å². The van der Waals surface area contributed by atoms with Gasteiger partial charge in [-0.25, -0.2) is 27.5 Å². The molecule has 11 nitrogen and oxygen atoms in total. The molecule has 0 radical (unpaired) electrons. The van der Waals surface area contributed by atoms with Crippen LogP contribution in [-0.4, -0.2) is 68.3 Å². The quantitative estimate of drug-likeness (QED) is 0.437. The molecule has 35 heavy (non-hydrogen) atoms. The number of hydrogen-bond donors (Lipinski definition) is 3. The van der Waals surface area contributed by atoms with Crippen molar-refractivity contribution in [3.63, 3.8) is 0 Å². The van der Waals surface area contributed by atoms with Gasteiger partial charge in [-0.1, -0.05) is 0 Å². The smallest absolute Gasteiger partial charge is 0.408 e. The minimum atomic E-state index is -2.62. The Morgan fingerprint density at radius 1 is 1.34 bits per heavy atom. The Hall–Kier alpha value is -3.55. The molecule has 0 spiro atoms. The Morgan fingerprint density at radius 2 is 2.17 bits per heavy atom. The predicted molar refractivity (Wildman–Crippen MR) is 113 cm³/mol. The van der Waals surface area contributed by atoms with E-state index >= 15 is 4.39 Å². The second-order valence-electron chi connectivity index (χ2n) is 9.15. The van der Waals surface area contributed by atoms with E-state index in [0.717, 1.165) is 19.3 Å². The zero-order valence-corrected chi connectivity index (χ0v) is 18.3. The average Bonchev–Trinajstić information content (AvgIpc) is 3.48. The van der Waals surface area contributed by atoms with E-state index in [1.165, 1.54) is 23.0 Å². The summed E-state index contributed by atoms with van der Waals surface area (Å²) < 4.78 is 57.0. The number of carbonyl (C=O) groups excluding carboxylic acids is 1. The number of hydrogen-bond acceptors (Lipinski definition) is 8. The van der Waals surface area contributed by atoms with E-state index < -0.39 is 37.5 Å². The maximum Gasteiger partial charge on any atom is 0.408 e. The lowest BCUT2D eigenvalue weighted by Gasteiger charge is -2.61. The number of aromatic nitrogens is 5. The Labute approximate surface area is 196 Å². The van der Waals surface area contributed by atoms with Gasteiger partial charge in [0.15, 0.2) is 30.5 Å². The van der Waals surface area contributed by atoms with Crippen molar-refractivity contribution >= 4 is 23.2 Å². The van der Waals surface area contributed by atoms with Crippen LogP contribution >= 0.6 is 0 Å². The van der Waals surface area contributed by atoms with Crippen LogP contribution in [0.2, 0.25) is 0 Å². The summed E-state index contributed by atoms with van der Waals surface area (Å²) in [5.41, 5.74) is 0.663. The van der Waals surface area contributed by atoms with Crippen molar-refractivity contribution in [1.82, 2.24) is 30.1 Å². The van der Waals surface area contributed by atoms with Gasteiger partial charge in [-0.15, -0.1) is 5.10 Å². The summed E-state index contributed by atoms with van der Waals surface area (Å²) in [6, 6.07) is 3.01. The third kappa shape index (κ3) is 4.11. The minimum Gasteiger partial charge on any atom is -0.471 e. The molecule has 4 heterocycles. The molecule has 1 saturated heterocycles. The van der Waals surface area contributed by atoms with E-state index in [2.05, 4.69) is 30.9 Å². The molecule has 3 atom stereocenters. The summed E-state index contributed by atoms with van der Waals surface area (Å²) in [4.78, 5) is 16.4. The Kier molecular flexibility index (Phi) is 5.20. The Bertz CT molecular complexity index is 1230. The zero-order valence-electron chi connectivity index (χ0n) is 18.3. The average molecular weight is 493 g/mol. The number of fused-ring (bicyclic) bond motifs is 1. The molecule has 4 fully saturated rings. The third-order valence-electron chi connectivity index (χ3n) is 6.62. The van der Waals surface area contributed by atoms with Crippen molar-refractivity contribution in [3.05, 3.63) is 30.2 Å². The molecule has 1 amide bonds. The molecule has 14 heteroatoms. The van der Waals surface area contributed by atoms with E-state index in [4.69, 9.17) is 14.2 Å². The van der Waals surface area contributed by atoms with Gasteiger partial charge in [-0.3, -0.25) is 5.10 Å². The molecule has 0 aromatic carbocycles. The number of alkyl carbamates (subject to hydrolysis) is 1. The Balaban J connectivity index is 1.09. The first-order valence-electron chi connectivity index (χ1n) is 11.2. The van der Waals surface area contributed by atoms with Gasteiger partial charge in [0.2, 0.25) is 5.88 Å². The first kappa shape index (κ1) is 21.9. The van der Waals surface area contributed by atoms with Crippen LogP contribution in [0, 0.1) is 5.92 Å². The normalized spacial score (nSPS) is 29.0. The second-order valence-corrected chi connectivity index (χ2v) is 9.15. The minimum absolute atomic E-state index is 0.0211. The highest BCUT2D eigenvalue weighted by molar-refractivity contribution is 5.73. The molecule has 186 valence electrons. The van der Waals surface area contributed by atoms with Crippen LogP contribution in [0.5, 0.6) is 5.88 Å². The van der Waals surface area contributed by atoms with E-state index in [9.17, 15) is 13.6 Å². The lowest BCUT2D eigenvalue weighted by atomic mass is 9.50. The summed E-state index contributed by atoms with van der Waals surface area (Å²) in [7, 11) is 0. The maximum absolute atomic E-state index is 15.0. The number of nitrogens with zero attached hydrogens (tertiary/aromatic N) is 4. The van der Waals surface area contributed by atoms with Crippen molar-refractivity contribution in [2.24, 2.45) is 5.92 Å². The van der Waals surface area contributed by atoms with Gasteiger partial charge < -0.3 is 24.8 Å². The number of nitrogens with one attached hydrogen (secondary N) is 3. The fourth-order valence-electron chi connectivity index (χ4n) is 4.84. The highest BCUT2D eigenvalue weighted by Crippen LogP contribution is 2.57. The SMILES string of the molecule is O=C(NC12CC(C1)C2)O[C@@H]1CO[C@H](c2cc(Nc3nccn4nc(OCC(F)F)cc34)n[nH]2)[C@H]1F. The topological polar surface area (TPSA) is 128 Å². The molecule has 0 unspecified atom stereocenters. The van der Waals surface area contributed by atoms with Crippen LogP contribution < -0.4 is 15.4 Å². The second kappa shape index (κ2) is 8.29. The van der Waals surface area contributed by atoms with E-state index in [1.54, 1.807) is 6.07 Å². The van der Waals surface area contributed by atoms with E-state index in [0.29, 0.717) is 28.8 Å². The van der Waals surface area contributed by atoms with Gasteiger partial charge in [-0.05, 0) is 25.2 Å². The summed E-state index contributed by atoms with van der Waals surface area (Å²) in [6.07, 6.45) is -0.956. The summed E-state index contributed by atoms with van der Waals surface area (Å²) in [5.74, 6) is 1.37. The standard InChI is InChI=1S/C21H22F3N7O4/c22-14(23)9-33-16-4-12-19(25-1-2-31(12)30-16)26-15-3-11(28-29-15)18-17(24)13(8-34-18)35-20(32)27-21-5-10(6-21)7-21/h1-4,10,13-14,17-18H,5-9H2,(H,27,32)(H2,25,26,28,29)/t10?,13-,17+,18-,21?/m1/s1. The highest BCUT2D eigenvalue weighted by atomic mass is 19.3. The number of halogens is 3. The zero-order chi connectivity index (χ0) is 24.2. The first-order valence-corrected chi connectivity index (χ1v) is 11.2. The largest absolute Gasteiger partial charge is 0.471 e. The maximum atomic E-state index is 15.0. The van der Waals surface area contributed by atoms with Crippen LogP contribution in [0.3, 0.4) is 0 Å². The number of carbonyl (C=O) groups is 1. The molecular weight excluding hydrogens is 471 g/mol. The molecule has 3 N–H and O–H groups in total. The molecule has 4 aliphatic rings. The van der Waals surface area contributed by atoms with Gasteiger partial charge in [0.1, 0.15) is 11.6 Å². The van der Waals surface area contributed by atoms with Crippen molar-refractivity contribution in [3.8, 4) is 5.88 Å². The molecule has 3 saturated carbocycles. The molecule has 3 aromatic heterocycles. The number of aromatic amines is 1. The first-order chi connectivity index (χ1) is 16.9. The van der Waals surface area contributed by atoms with Crippen LogP contribution in [0.4, 0.5) is 29.6 Å². The van der Waals surface area contributed by atoms with Crippen LogP contribution in [0.1, 0.15) is 31.1 Å². The molecule has 3 aromatic rings. The van der Waals surface area contributed by atoms with Crippen molar-refractivity contribution < 1.29 is 32.2 Å². The monoisotopic (exact) mass is 493 g/mol. The fraction of sp³-hybridized carbons (Fsp3) is 0.524. The highest BCUT2D eigenvalue weighted by Gasteiger charge is 2.58. The molecular formula is C21H22F3N7O4. The van der Waals surface area contributed by atoms with Crippen molar-refractivity contribution in [2.75, 3.05) is 18.5 Å². The van der Waals surface area contributed by atoms with E-state index in [1.807, 2.05) is 0 Å². The number of H-pyrrole nitrogens is 1. The van der Waals surface area contributed by atoms with Crippen molar-refractivity contribution in [1.29, 1.82) is 0 Å². The number of rotatable bonds is 8. The van der Waals surface area contributed by atoms with Crippen LogP contribution in [0.15, 0.2) is 24.5 Å². The molecule has 3 aliphatic carbocycles. The number of alkyl halides is 3. The van der Waals surface area contributed by atoms with Crippen LogP contribution in [0.25, 0.3) is 5.52 Å². The third-order valence-corrected chi connectivity index (χ3v) is 6.62. The number of anilines is 2. The van der Waals surface area contributed by atoms with Gasteiger partial charge >= 0.3 is 6.09 Å². The predicted octanol–water partition coefficient (Wildman–Crippen LogP) is 2.90. The summed E-state index contributed by atoms with van der Waals surface area (Å²) >= 11 is 0. The van der Waals surface area contributed by atoms with Gasteiger partial charge in [0, 0.05) is 30.1 Å². The summed E-state index contributed by atoms with van der Waals surface area (Å²) in [6.45, 7) is -0.850.